The van der Waals surface area contributed by atoms with Crippen LogP contribution < -0.4 is 4.74 Å². The molecule has 0 fully saturated rings. The van der Waals surface area contributed by atoms with Crippen molar-refractivity contribution in [3.8, 4) is 5.75 Å². The van der Waals surface area contributed by atoms with Crippen molar-refractivity contribution in [1.82, 2.24) is 0 Å². The van der Waals surface area contributed by atoms with Gasteiger partial charge in [-0.05, 0) is 39.7 Å². The summed E-state index contributed by atoms with van der Waals surface area (Å²) in [6.07, 6.45) is -0.103. The highest BCUT2D eigenvalue weighted by Crippen LogP contribution is 2.41. The van der Waals surface area contributed by atoms with Crippen LogP contribution in [0.25, 0.3) is 0 Å². The lowest BCUT2D eigenvalue weighted by Crippen LogP contribution is -2.18. The summed E-state index contributed by atoms with van der Waals surface area (Å²) in [6, 6.07) is 13.3. The molecule has 2 aromatic rings. The Morgan fingerprint density at radius 1 is 1.21 bits per heavy atom. The van der Waals surface area contributed by atoms with Crippen LogP contribution in [0.5, 0.6) is 5.75 Å². The molecule has 0 bridgehead atoms. The zero-order valence-corrected chi connectivity index (χ0v) is 12.4. The van der Waals surface area contributed by atoms with E-state index in [0.29, 0.717) is 11.4 Å². The quantitative estimate of drug-likeness (QED) is 0.819. The molecule has 1 aliphatic heterocycles. The van der Waals surface area contributed by atoms with Crippen LogP contribution in [-0.4, -0.2) is 5.11 Å². The SMILES string of the molecule is O[C@H]1CC(c2ccc(Cl)c(Br)c2)Oc2ccccc21. The molecule has 98 valence electrons. The average molecular weight is 340 g/mol. The fourth-order valence-corrected chi connectivity index (χ4v) is 2.83. The molecule has 0 aromatic heterocycles. The van der Waals surface area contributed by atoms with Gasteiger partial charge in [-0.15, -0.1) is 0 Å². The molecule has 1 N–H and O–H groups in total. The van der Waals surface area contributed by atoms with Crippen molar-refractivity contribution in [2.24, 2.45) is 0 Å². The number of aliphatic hydroxyl groups excluding tert-OH is 1. The molecule has 1 aliphatic rings. The van der Waals surface area contributed by atoms with Gasteiger partial charge in [0, 0.05) is 16.5 Å². The van der Waals surface area contributed by atoms with E-state index in [1.807, 2.05) is 42.5 Å². The van der Waals surface area contributed by atoms with Crippen LogP contribution in [0.1, 0.15) is 29.8 Å². The third kappa shape index (κ3) is 2.50. The van der Waals surface area contributed by atoms with E-state index >= 15 is 0 Å². The summed E-state index contributed by atoms with van der Waals surface area (Å²) in [5.41, 5.74) is 1.86. The molecule has 0 saturated carbocycles. The molecule has 2 nitrogen and oxygen atoms in total. The summed E-state index contributed by atoms with van der Waals surface area (Å²) >= 11 is 9.40. The van der Waals surface area contributed by atoms with Crippen LogP contribution in [0.4, 0.5) is 0 Å². The maximum atomic E-state index is 10.2. The Bertz CT molecular complexity index is 615. The monoisotopic (exact) mass is 338 g/mol. The number of rotatable bonds is 1. The van der Waals surface area contributed by atoms with Gasteiger partial charge in [-0.3, -0.25) is 0 Å². The van der Waals surface area contributed by atoms with Crippen LogP contribution in [0.15, 0.2) is 46.9 Å². The molecule has 3 rings (SSSR count). The van der Waals surface area contributed by atoms with E-state index in [0.717, 1.165) is 21.3 Å². The van der Waals surface area contributed by atoms with E-state index in [1.54, 1.807) is 0 Å². The van der Waals surface area contributed by atoms with Crippen LogP contribution in [-0.2, 0) is 0 Å². The molecule has 2 atom stereocenters. The first-order chi connectivity index (χ1) is 9.15. The summed E-state index contributed by atoms with van der Waals surface area (Å²) in [7, 11) is 0. The minimum absolute atomic E-state index is 0.154. The lowest BCUT2D eigenvalue weighted by molar-refractivity contribution is 0.0657. The van der Waals surface area contributed by atoms with Gasteiger partial charge in [0.2, 0.25) is 0 Å². The zero-order chi connectivity index (χ0) is 13.4. The fourth-order valence-electron chi connectivity index (χ4n) is 2.31. The summed E-state index contributed by atoms with van der Waals surface area (Å²) in [6.45, 7) is 0. The molecule has 2 aromatic carbocycles. The van der Waals surface area contributed by atoms with Crippen LogP contribution in [0, 0.1) is 0 Å². The Hall–Kier alpha value is -1.03. The Morgan fingerprint density at radius 3 is 2.79 bits per heavy atom. The van der Waals surface area contributed by atoms with E-state index < -0.39 is 6.10 Å². The molecule has 1 unspecified atom stereocenters. The van der Waals surface area contributed by atoms with Gasteiger partial charge in [0.1, 0.15) is 11.9 Å². The van der Waals surface area contributed by atoms with Gasteiger partial charge in [-0.2, -0.15) is 0 Å². The molecule has 0 saturated heterocycles. The fraction of sp³-hybridized carbons (Fsp3) is 0.200. The standard InChI is InChI=1S/C15H12BrClO2/c16-11-7-9(5-6-12(11)17)15-8-13(18)10-3-1-2-4-14(10)19-15/h1-7,13,15,18H,8H2/t13-,15?/m0/s1. The number of aliphatic hydroxyl groups is 1. The van der Waals surface area contributed by atoms with Gasteiger partial charge in [-0.25, -0.2) is 0 Å². The second kappa shape index (κ2) is 5.16. The first kappa shape index (κ1) is 13.0. The molecular formula is C15H12BrClO2. The van der Waals surface area contributed by atoms with Gasteiger partial charge in [-0.1, -0.05) is 35.9 Å². The van der Waals surface area contributed by atoms with E-state index in [2.05, 4.69) is 15.9 Å². The Balaban J connectivity index is 1.94. The number of halogens is 2. The molecular weight excluding hydrogens is 328 g/mol. The Morgan fingerprint density at radius 2 is 2.00 bits per heavy atom. The minimum atomic E-state index is -0.496. The lowest BCUT2D eigenvalue weighted by atomic mass is 9.95. The number of para-hydroxylation sites is 1. The summed E-state index contributed by atoms with van der Waals surface area (Å²) < 4.78 is 6.80. The van der Waals surface area contributed by atoms with Gasteiger partial charge in [0.15, 0.2) is 0 Å². The predicted octanol–water partition coefficient (Wildman–Crippen LogP) is 4.66. The van der Waals surface area contributed by atoms with Gasteiger partial charge in [0.05, 0.1) is 11.1 Å². The number of hydrogen-bond acceptors (Lipinski definition) is 2. The molecule has 19 heavy (non-hydrogen) atoms. The second-order valence-electron chi connectivity index (χ2n) is 4.57. The third-order valence-electron chi connectivity index (χ3n) is 3.30. The molecule has 1 heterocycles. The van der Waals surface area contributed by atoms with Crippen molar-refractivity contribution >= 4 is 27.5 Å². The van der Waals surface area contributed by atoms with Gasteiger partial charge in [0.25, 0.3) is 0 Å². The predicted molar refractivity (Wildman–Crippen MR) is 78.5 cm³/mol. The summed E-state index contributed by atoms with van der Waals surface area (Å²) in [4.78, 5) is 0. The van der Waals surface area contributed by atoms with E-state index in [9.17, 15) is 5.11 Å². The van der Waals surface area contributed by atoms with Gasteiger partial charge >= 0.3 is 0 Å². The highest BCUT2D eigenvalue weighted by atomic mass is 79.9. The largest absolute Gasteiger partial charge is 0.485 e. The Labute approximate surface area is 125 Å². The normalized spacial score (nSPS) is 21.6. The van der Waals surface area contributed by atoms with Crippen molar-refractivity contribution in [2.45, 2.75) is 18.6 Å². The third-order valence-corrected chi connectivity index (χ3v) is 4.51. The first-order valence-corrected chi connectivity index (χ1v) is 7.21. The highest BCUT2D eigenvalue weighted by Gasteiger charge is 2.27. The van der Waals surface area contributed by atoms with Crippen LogP contribution in [0.3, 0.4) is 0 Å². The molecule has 4 heteroatoms. The molecule has 0 aliphatic carbocycles. The zero-order valence-electron chi connectivity index (χ0n) is 10.0. The maximum absolute atomic E-state index is 10.2. The van der Waals surface area contributed by atoms with Crippen molar-refractivity contribution < 1.29 is 9.84 Å². The van der Waals surface area contributed by atoms with Gasteiger partial charge < -0.3 is 9.84 Å². The molecule has 0 radical (unpaired) electrons. The van der Waals surface area contributed by atoms with Crippen molar-refractivity contribution in [1.29, 1.82) is 0 Å². The minimum Gasteiger partial charge on any atom is -0.485 e. The van der Waals surface area contributed by atoms with E-state index in [4.69, 9.17) is 16.3 Å². The summed E-state index contributed by atoms with van der Waals surface area (Å²) in [5, 5.41) is 10.9. The number of hydrogen-bond donors (Lipinski definition) is 1. The Kier molecular flexibility index (Phi) is 3.52. The highest BCUT2D eigenvalue weighted by molar-refractivity contribution is 9.10. The molecule has 0 spiro atoms. The second-order valence-corrected chi connectivity index (χ2v) is 5.83. The lowest BCUT2D eigenvalue weighted by Gasteiger charge is -2.30. The first-order valence-electron chi connectivity index (χ1n) is 6.04. The number of benzene rings is 2. The number of fused-ring (bicyclic) bond motifs is 1. The number of ether oxygens (including phenoxy) is 1. The maximum Gasteiger partial charge on any atom is 0.127 e. The van der Waals surface area contributed by atoms with Crippen LogP contribution >= 0.6 is 27.5 Å². The van der Waals surface area contributed by atoms with E-state index in [-0.39, 0.29) is 6.10 Å². The van der Waals surface area contributed by atoms with Crippen LogP contribution in [0.2, 0.25) is 5.02 Å². The van der Waals surface area contributed by atoms with Crippen molar-refractivity contribution in [3.63, 3.8) is 0 Å². The summed E-state index contributed by atoms with van der Waals surface area (Å²) in [5.74, 6) is 0.748. The van der Waals surface area contributed by atoms with Crippen molar-refractivity contribution in [3.05, 3.63) is 63.1 Å². The topological polar surface area (TPSA) is 29.5 Å². The van der Waals surface area contributed by atoms with Crippen molar-refractivity contribution in [2.75, 3.05) is 0 Å². The average Bonchev–Trinajstić information content (AvgIpc) is 2.42. The smallest absolute Gasteiger partial charge is 0.127 e. The van der Waals surface area contributed by atoms with E-state index in [1.165, 1.54) is 0 Å². The molecule has 0 amide bonds.